The van der Waals surface area contributed by atoms with Crippen molar-refractivity contribution in [2.45, 2.75) is 39.2 Å². The fourth-order valence-corrected chi connectivity index (χ4v) is 1.59. The summed E-state index contributed by atoms with van der Waals surface area (Å²) >= 11 is 0. The Morgan fingerprint density at radius 2 is 2.33 bits per heavy atom. The SMILES string of the molecule is CCC(O)CCC1C=C(N)[C@H]1C. The van der Waals surface area contributed by atoms with Crippen molar-refractivity contribution in [2.75, 3.05) is 0 Å². The van der Waals surface area contributed by atoms with Crippen molar-refractivity contribution in [3.05, 3.63) is 11.8 Å². The van der Waals surface area contributed by atoms with Crippen molar-refractivity contribution in [2.24, 2.45) is 17.6 Å². The molecule has 2 heteroatoms. The van der Waals surface area contributed by atoms with Crippen LogP contribution in [-0.2, 0) is 0 Å². The van der Waals surface area contributed by atoms with Gasteiger partial charge in [-0.3, -0.25) is 0 Å². The Morgan fingerprint density at radius 3 is 2.75 bits per heavy atom. The van der Waals surface area contributed by atoms with E-state index in [0.29, 0.717) is 11.8 Å². The molecule has 1 aliphatic rings. The predicted octanol–water partition coefficient (Wildman–Crippen LogP) is 1.65. The second-order valence-electron chi connectivity index (χ2n) is 3.76. The fourth-order valence-electron chi connectivity index (χ4n) is 1.59. The van der Waals surface area contributed by atoms with Gasteiger partial charge in [0, 0.05) is 11.6 Å². The van der Waals surface area contributed by atoms with E-state index < -0.39 is 0 Å². The van der Waals surface area contributed by atoms with Gasteiger partial charge in [-0.2, -0.15) is 0 Å². The van der Waals surface area contributed by atoms with E-state index in [2.05, 4.69) is 13.0 Å². The normalized spacial score (nSPS) is 30.8. The average molecular weight is 169 g/mol. The van der Waals surface area contributed by atoms with Crippen LogP contribution in [0.4, 0.5) is 0 Å². The molecular formula is C10H19NO. The average Bonchev–Trinajstić information content (AvgIpc) is 2.10. The van der Waals surface area contributed by atoms with Crippen molar-refractivity contribution in [1.82, 2.24) is 0 Å². The summed E-state index contributed by atoms with van der Waals surface area (Å²) in [6.45, 7) is 4.16. The van der Waals surface area contributed by atoms with Crippen LogP contribution in [0.15, 0.2) is 11.8 Å². The number of allylic oxidation sites excluding steroid dienone is 2. The van der Waals surface area contributed by atoms with Crippen LogP contribution in [0.5, 0.6) is 0 Å². The summed E-state index contributed by atoms with van der Waals surface area (Å²) in [5.74, 6) is 1.15. The quantitative estimate of drug-likeness (QED) is 0.672. The summed E-state index contributed by atoms with van der Waals surface area (Å²) in [6, 6.07) is 0. The zero-order valence-electron chi connectivity index (χ0n) is 7.96. The summed E-state index contributed by atoms with van der Waals surface area (Å²) in [5.41, 5.74) is 6.67. The Bertz CT molecular complexity index is 177. The van der Waals surface area contributed by atoms with Crippen LogP contribution in [0.1, 0.15) is 33.1 Å². The molecule has 70 valence electrons. The second-order valence-corrected chi connectivity index (χ2v) is 3.76. The van der Waals surface area contributed by atoms with E-state index in [-0.39, 0.29) is 6.10 Å². The van der Waals surface area contributed by atoms with E-state index in [1.165, 1.54) is 0 Å². The third kappa shape index (κ3) is 2.01. The van der Waals surface area contributed by atoms with Crippen LogP contribution in [0.25, 0.3) is 0 Å². The first-order chi connectivity index (χ1) is 5.65. The molecule has 3 N–H and O–H groups in total. The molecule has 0 spiro atoms. The van der Waals surface area contributed by atoms with Gasteiger partial charge in [0.1, 0.15) is 0 Å². The molecule has 0 heterocycles. The maximum Gasteiger partial charge on any atom is 0.0537 e. The maximum atomic E-state index is 9.33. The topological polar surface area (TPSA) is 46.2 Å². The molecule has 0 fully saturated rings. The van der Waals surface area contributed by atoms with Crippen molar-refractivity contribution < 1.29 is 5.11 Å². The first-order valence-corrected chi connectivity index (χ1v) is 4.80. The largest absolute Gasteiger partial charge is 0.402 e. The highest BCUT2D eigenvalue weighted by Crippen LogP contribution is 2.33. The minimum Gasteiger partial charge on any atom is -0.402 e. The summed E-state index contributed by atoms with van der Waals surface area (Å²) in [6.07, 6.45) is 4.85. The molecule has 0 aromatic carbocycles. The molecular weight excluding hydrogens is 150 g/mol. The Kier molecular flexibility index (Phi) is 3.15. The van der Waals surface area contributed by atoms with E-state index in [0.717, 1.165) is 25.0 Å². The number of aliphatic hydroxyl groups is 1. The van der Waals surface area contributed by atoms with E-state index in [4.69, 9.17) is 5.73 Å². The van der Waals surface area contributed by atoms with E-state index in [1.807, 2.05) is 6.92 Å². The highest BCUT2D eigenvalue weighted by atomic mass is 16.3. The maximum absolute atomic E-state index is 9.33. The first-order valence-electron chi connectivity index (χ1n) is 4.80. The number of nitrogens with two attached hydrogens (primary N) is 1. The van der Waals surface area contributed by atoms with E-state index in [9.17, 15) is 5.11 Å². The number of hydrogen-bond acceptors (Lipinski definition) is 2. The molecule has 2 nitrogen and oxygen atoms in total. The minimum atomic E-state index is -0.118. The molecule has 2 unspecified atom stereocenters. The third-order valence-corrected chi connectivity index (χ3v) is 2.88. The van der Waals surface area contributed by atoms with Crippen molar-refractivity contribution >= 4 is 0 Å². The fraction of sp³-hybridized carbons (Fsp3) is 0.800. The molecule has 0 bridgehead atoms. The molecule has 12 heavy (non-hydrogen) atoms. The summed E-state index contributed by atoms with van der Waals surface area (Å²) in [7, 11) is 0. The zero-order valence-corrected chi connectivity index (χ0v) is 7.96. The van der Waals surface area contributed by atoms with Gasteiger partial charge in [-0.1, -0.05) is 19.9 Å². The predicted molar refractivity (Wildman–Crippen MR) is 50.5 cm³/mol. The van der Waals surface area contributed by atoms with E-state index >= 15 is 0 Å². The zero-order chi connectivity index (χ0) is 9.14. The second kappa shape index (κ2) is 3.94. The lowest BCUT2D eigenvalue weighted by Crippen LogP contribution is -2.28. The minimum absolute atomic E-state index is 0.118. The van der Waals surface area contributed by atoms with Crippen LogP contribution >= 0.6 is 0 Å². The van der Waals surface area contributed by atoms with Gasteiger partial charge in [-0.25, -0.2) is 0 Å². The molecule has 0 amide bonds. The number of hydrogen-bond donors (Lipinski definition) is 2. The Labute approximate surface area is 74.5 Å². The highest BCUT2D eigenvalue weighted by molar-refractivity contribution is 5.17. The molecule has 3 atom stereocenters. The van der Waals surface area contributed by atoms with Gasteiger partial charge in [0.05, 0.1) is 6.10 Å². The van der Waals surface area contributed by atoms with Gasteiger partial charge in [0.15, 0.2) is 0 Å². The summed E-state index contributed by atoms with van der Waals surface area (Å²) in [5, 5.41) is 9.33. The van der Waals surface area contributed by atoms with Crippen molar-refractivity contribution in [1.29, 1.82) is 0 Å². The molecule has 1 aliphatic carbocycles. The molecule has 0 aliphatic heterocycles. The molecule has 1 rings (SSSR count). The van der Waals surface area contributed by atoms with Gasteiger partial charge < -0.3 is 10.8 Å². The van der Waals surface area contributed by atoms with Gasteiger partial charge in [-0.15, -0.1) is 0 Å². The van der Waals surface area contributed by atoms with Gasteiger partial charge in [0.2, 0.25) is 0 Å². The van der Waals surface area contributed by atoms with E-state index in [1.54, 1.807) is 0 Å². The van der Waals surface area contributed by atoms with Crippen LogP contribution < -0.4 is 5.73 Å². The first kappa shape index (κ1) is 9.59. The molecule has 0 aromatic rings. The van der Waals surface area contributed by atoms with Crippen molar-refractivity contribution in [3.63, 3.8) is 0 Å². The lowest BCUT2D eigenvalue weighted by molar-refractivity contribution is 0.148. The number of rotatable bonds is 4. The van der Waals surface area contributed by atoms with Crippen LogP contribution in [0.2, 0.25) is 0 Å². The smallest absolute Gasteiger partial charge is 0.0537 e. The third-order valence-electron chi connectivity index (χ3n) is 2.88. The van der Waals surface area contributed by atoms with Gasteiger partial charge in [-0.05, 0) is 25.2 Å². The highest BCUT2D eigenvalue weighted by Gasteiger charge is 2.26. The van der Waals surface area contributed by atoms with Crippen LogP contribution in [-0.4, -0.2) is 11.2 Å². The Morgan fingerprint density at radius 1 is 1.67 bits per heavy atom. The van der Waals surface area contributed by atoms with Gasteiger partial charge in [0.25, 0.3) is 0 Å². The lowest BCUT2D eigenvalue weighted by atomic mass is 9.77. The van der Waals surface area contributed by atoms with Crippen LogP contribution in [0.3, 0.4) is 0 Å². The monoisotopic (exact) mass is 169 g/mol. The molecule has 0 saturated carbocycles. The standard InChI is InChI=1S/C10H19NO/c1-3-9(12)5-4-8-6-10(11)7(8)2/h6-9,12H,3-5,11H2,1-2H3/t7-,8?,9?/m0/s1. The number of aliphatic hydroxyl groups excluding tert-OH is 1. The molecule has 0 radical (unpaired) electrons. The van der Waals surface area contributed by atoms with Crippen LogP contribution in [0, 0.1) is 11.8 Å². The van der Waals surface area contributed by atoms with Gasteiger partial charge >= 0.3 is 0 Å². The molecule has 0 saturated heterocycles. The molecule has 0 aromatic heterocycles. The lowest BCUT2D eigenvalue weighted by Gasteiger charge is -2.31. The Balaban J connectivity index is 2.18. The Hall–Kier alpha value is -0.500. The summed E-state index contributed by atoms with van der Waals surface area (Å²) in [4.78, 5) is 0. The van der Waals surface area contributed by atoms with Crippen molar-refractivity contribution in [3.8, 4) is 0 Å². The summed E-state index contributed by atoms with van der Waals surface area (Å²) < 4.78 is 0.